The summed E-state index contributed by atoms with van der Waals surface area (Å²) >= 11 is 5.97. The van der Waals surface area contributed by atoms with Gasteiger partial charge in [-0.1, -0.05) is 12.1 Å². The molecule has 0 spiro atoms. The van der Waals surface area contributed by atoms with Crippen LogP contribution < -0.4 is 5.73 Å². The number of hydrogen-bond donors (Lipinski definition) is 1. The van der Waals surface area contributed by atoms with Crippen molar-refractivity contribution in [2.75, 3.05) is 5.73 Å². The summed E-state index contributed by atoms with van der Waals surface area (Å²) < 4.78 is 15.4. The van der Waals surface area contributed by atoms with Gasteiger partial charge in [0.25, 0.3) is 0 Å². The molecular weight excluding hydrogens is 413 g/mol. The summed E-state index contributed by atoms with van der Waals surface area (Å²) in [7, 11) is 0. The molecule has 0 amide bonds. The number of hydrogen-bond acceptors (Lipinski definition) is 4. The first-order chi connectivity index (χ1) is 15.1. The van der Waals surface area contributed by atoms with Crippen LogP contribution in [0, 0.1) is 5.82 Å². The van der Waals surface area contributed by atoms with Crippen LogP contribution in [-0.2, 0) is 5.88 Å². The smallest absolute Gasteiger partial charge is 0.161 e. The lowest BCUT2D eigenvalue weighted by atomic mass is 10.1. The molecule has 31 heavy (non-hydrogen) atoms. The van der Waals surface area contributed by atoms with Crippen molar-refractivity contribution in [2.24, 2.45) is 0 Å². The average molecular weight is 430 g/mol. The molecule has 5 nitrogen and oxygen atoms in total. The van der Waals surface area contributed by atoms with Crippen molar-refractivity contribution in [3.63, 3.8) is 0 Å². The maximum Gasteiger partial charge on any atom is 0.161 e. The van der Waals surface area contributed by atoms with Gasteiger partial charge in [-0.15, -0.1) is 11.6 Å². The number of anilines is 1. The summed E-state index contributed by atoms with van der Waals surface area (Å²) in [6, 6.07) is 19.8. The molecule has 0 fully saturated rings. The third kappa shape index (κ3) is 3.51. The minimum absolute atomic E-state index is 0.304. The molecule has 5 aromatic rings. The molecule has 152 valence electrons. The summed E-state index contributed by atoms with van der Waals surface area (Å²) in [5.41, 5.74) is 11.2. The van der Waals surface area contributed by atoms with Gasteiger partial charge in [-0.25, -0.2) is 19.3 Å². The van der Waals surface area contributed by atoms with Crippen molar-refractivity contribution < 1.29 is 4.39 Å². The van der Waals surface area contributed by atoms with E-state index in [1.807, 2.05) is 47.0 Å². The monoisotopic (exact) mass is 429 g/mol. The van der Waals surface area contributed by atoms with E-state index in [0.717, 1.165) is 33.5 Å². The van der Waals surface area contributed by atoms with Crippen LogP contribution in [0.3, 0.4) is 0 Å². The van der Waals surface area contributed by atoms with Gasteiger partial charge in [0, 0.05) is 40.5 Å². The van der Waals surface area contributed by atoms with E-state index in [2.05, 4.69) is 9.97 Å². The topological polar surface area (TPSA) is 69.6 Å². The van der Waals surface area contributed by atoms with Crippen LogP contribution >= 0.6 is 11.6 Å². The third-order valence-electron chi connectivity index (χ3n) is 5.11. The maximum atomic E-state index is 13.4. The van der Waals surface area contributed by atoms with Gasteiger partial charge >= 0.3 is 0 Å². The normalized spacial score (nSPS) is 11.2. The van der Waals surface area contributed by atoms with E-state index in [-0.39, 0.29) is 5.82 Å². The second-order valence-corrected chi connectivity index (χ2v) is 7.35. The first-order valence-electron chi connectivity index (χ1n) is 9.64. The fourth-order valence-corrected chi connectivity index (χ4v) is 3.73. The lowest BCUT2D eigenvalue weighted by Gasteiger charge is -2.12. The van der Waals surface area contributed by atoms with Gasteiger partial charge in [-0.2, -0.15) is 0 Å². The van der Waals surface area contributed by atoms with Crippen LogP contribution in [0.1, 0.15) is 5.56 Å². The van der Waals surface area contributed by atoms with Crippen LogP contribution in [0.15, 0.2) is 79.1 Å². The Hall–Kier alpha value is -3.77. The fraction of sp³-hybridized carbons (Fsp3) is 0.0417. The quantitative estimate of drug-likeness (QED) is 0.377. The summed E-state index contributed by atoms with van der Waals surface area (Å²) in [6.07, 6.45) is 3.42. The molecule has 3 heterocycles. The number of halogens is 2. The maximum absolute atomic E-state index is 13.4. The Morgan fingerprint density at radius 1 is 0.968 bits per heavy atom. The van der Waals surface area contributed by atoms with Gasteiger partial charge in [-0.05, 0) is 60.2 Å². The van der Waals surface area contributed by atoms with Gasteiger partial charge in [0.2, 0.25) is 0 Å². The number of fused-ring (bicyclic) bond motifs is 1. The van der Waals surface area contributed by atoms with Gasteiger partial charge in [-0.3, -0.25) is 4.57 Å². The highest BCUT2D eigenvalue weighted by Crippen LogP contribution is 2.33. The number of nitrogen functional groups attached to an aromatic ring is 1. The molecule has 0 saturated heterocycles. The largest absolute Gasteiger partial charge is 0.383 e. The lowest BCUT2D eigenvalue weighted by molar-refractivity contribution is 0.628. The Balaban J connectivity index is 1.77. The van der Waals surface area contributed by atoms with Crippen LogP contribution in [-0.4, -0.2) is 19.5 Å². The Morgan fingerprint density at radius 2 is 1.74 bits per heavy atom. The zero-order valence-electron chi connectivity index (χ0n) is 16.3. The second-order valence-electron chi connectivity index (χ2n) is 7.08. The molecule has 0 aliphatic rings. The molecule has 0 bridgehead atoms. The Bertz CT molecular complexity index is 1380. The average Bonchev–Trinajstić information content (AvgIpc) is 3.18. The van der Waals surface area contributed by atoms with E-state index in [4.69, 9.17) is 22.3 Å². The highest BCUT2D eigenvalue weighted by Gasteiger charge is 2.17. The standard InChI is InChI=1S/C24H17ClFN5/c25-13-15-3-9-19(10-4-15)31-21(20-2-1-11-28-22(20)27)12-17-14-29-23(30-24(17)31)16-5-7-18(26)8-6-16/h1-12,14H,13H2,(H2,27,28). The molecule has 3 aromatic heterocycles. The number of benzene rings is 2. The Morgan fingerprint density at radius 3 is 2.45 bits per heavy atom. The molecule has 0 aliphatic heterocycles. The summed E-state index contributed by atoms with van der Waals surface area (Å²) in [5.74, 6) is 1.07. The van der Waals surface area contributed by atoms with Crippen molar-refractivity contribution >= 4 is 28.5 Å². The van der Waals surface area contributed by atoms with Crippen LogP contribution in [0.25, 0.3) is 39.4 Å². The highest BCUT2D eigenvalue weighted by molar-refractivity contribution is 6.17. The molecule has 5 rings (SSSR count). The highest BCUT2D eigenvalue weighted by atomic mass is 35.5. The minimum Gasteiger partial charge on any atom is -0.383 e. The van der Waals surface area contributed by atoms with Crippen molar-refractivity contribution in [1.29, 1.82) is 0 Å². The molecule has 0 aliphatic carbocycles. The predicted octanol–water partition coefficient (Wildman–Crippen LogP) is 5.61. The SMILES string of the molecule is Nc1ncccc1-c1cc2cnc(-c3ccc(F)cc3)nc2n1-c1ccc(CCl)cc1. The van der Waals surface area contributed by atoms with Crippen LogP contribution in [0.4, 0.5) is 10.2 Å². The van der Waals surface area contributed by atoms with E-state index in [9.17, 15) is 4.39 Å². The molecule has 2 N–H and O–H groups in total. The number of aromatic nitrogens is 4. The zero-order chi connectivity index (χ0) is 21.4. The van der Waals surface area contributed by atoms with Gasteiger partial charge < -0.3 is 5.73 Å². The second kappa shape index (κ2) is 7.81. The zero-order valence-corrected chi connectivity index (χ0v) is 17.1. The van der Waals surface area contributed by atoms with E-state index in [0.29, 0.717) is 23.2 Å². The van der Waals surface area contributed by atoms with E-state index < -0.39 is 0 Å². The fourth-order valence-electron chi connectivity index (χ4n) is 3.55. The molecule has 7 heteroatoms. The van der Waals surface area contributed by atoms with E-state index >= 15 is 0 Å². The molecule has 0 saturated carbocycles. The van der Waals surface area contributed by atoms with Crippen molar-refractivity contribution in [2.45, 2.75) is 5.88 Å². The summed E-state index contributed by atoms with van der Waals surface area (Å²) in [4.78, 5) is 13.5. The van der Waals surface area contributed by atoms with Crippen LogP contribution in [0.2, 0.25) is 0 Å². The van der Waals surface area contributed by atoms with E-state index in [1.165, 1.54) is 12.1 Å². The van der Waals surface area contributed by atoms with Gasteiger partial charge in [0.05, 0.1) is 5.69 Å². The first kappa shape index (κ1) is 19.2. The predicted molar refractivity (Wildman–Crippen MR) is 121 cm³/mol. The summed E-state index contributed by atoms with van der Waals surface area (Å²) in [6.45, 7) is 0. The number of nitrogens with zero attached hydrogens (tertiary/aromatic N) is 4. The number of alkyl halides is 1. The lowest BCUT2D eigenvalue weighted by Crippen LogP contribution is -2.02. The first-order valence-corrected chi connectivity index (χ1v) is 10.2. The van der Waals surface area contributed by atoms with Crippen LogP contribution in [0.5, 0.6) is 0 Å². The molecule has 0 unspecified atom stereocenters. The van der Waals surface area contributed by atoms with Crippen molar-refractivity contribution in [3.8, 4) is 28.3 Å². The number of pyridine rings is 1. The Labute approximate surface area is 183 Å². The Kier molecular flexibility index (Phi) is 4.84. The number of nitrogens with two attached hydrogens (primary N) is 1. The van der Waals surface area contributed by atoms with Crippen molar-refractivity contribution in [3.05, 3.63) is 90.5 Å². The molecule has 2 aromatic carbocycles. The van der Waals surface area contributed by atoms with Gasteiger partial charge in [0.15, 0.2) is 5.82 Å². The molecule has 0 radical (unpaired) electrons. The van der Waals surface area contributed by atoms with Gasteiger partial charge in [0.1, 0.15) is 17.3 Å². The molecule has 0 atom stereocenters. The third-order valence-corrected chi connectivity index (χ3v) is 5.42. The van der Waals surface area contributed by atoms with E-state index in [1.54, 1.807) is 24.5 Å². The molecular formula is C24H17ClFN5. The summed E-state index contributed by atoms with van der Waals surface area (Å²) in [5, 5.41) is 0.852. The minimum atomic E-state index is -0.304. The van der Waals surface area contributed by atoms with Crippen molar-refractivity contribution in [1.82, 2.24) is 19.5 Å². The number of rotatable bonds is 4.